The van der Waals surface area contributed by atoms with E-state index < -0.39 is 18.0 Å². The standard InChI is InChI=1S/C24H26N2O6S/c1-15-11-18(32-26-15)14-33-22-8-6-5-7-19(22)24(28)31-16(2)23(27)25-13-17-9-10-20(29-3)21(12-17)30-4/h5-12,16H,13-14H2,1-4H3,(H,25,27). The van der Waals surface area contributed by atoms with Gasteiger partial charge in [-0.15, -0.1) is 11.8 Å². The molecule has 0 saturated heterocycles. The number of amides is 1. The minimum atomic E-state index is -0.965. The maximum absolute atomic E-state index is 12.7. The summed E-state index contributed by atoms with van der Waals surface area (Å²) in [7, 11) is 3.10. The Hall–Kier alpha value is -3.46. The summed E-state index contributed by atoms with van der Waals surface area (Å²) in [6, 6.07) is 14.3. The third kappa shape index (κ3) is 6.52. The zero-order valence-electron chi connectivity index (χ0n) is 18.9. The molecule has 1 unspecified atom stereocenters. The van der Waals surface area contributed by atoms with Crippen molar-refractivity contribution < 1.29 is 28.3 Å². The molecule has 0 saturated carbocycles. The van der Waals surface area contributed by atoms with Gasteiger partial charge in [0.2, 0.25) is 0 Å². The van der Waals surface area contributed by atoms with E-state index in [1.165, 1.54) is 18.7 Å². The lowest BCUT2D eigenvalue weighted by Crippen LogP contribution is -2.35. The lowest BCUT2D eigenvalue weighted by Gasteiger charge is -2.15. The lowest BCUT2D eigenvalue weighted by atomic mass is 10.2. The van der Waals surface area contributed by atoms with Crippen LogP contribution in [0.4, 0.5) is 0 Å². The predicted octanol–water partition coefficient (Wildman–Crippen LogP) is 4.15. The van der Waals surface area contributed by atoms with Gasteiger partial charge in [-0.05, 0) is 43.7 Å². The van der Waals surface area contributed by atoms with Crippen molar-refractivity contribution in [1.29, 1.82) is 0 Å². The van der Waals surface area contributed by atoms with E-state index >= 15 is 0 Å². The first-order valence-corrected chi connectivity index (χ1v) is 11.2. The van der Waals surface area contributed by atoms with E-state index in [1.54, 1.807) is 38.5 Å². The molecule has 8 nitrogen and oxygen atoms in total. The monoisotopic (exact) mass is 470 g/mol. The Morgan fingerprint density at radius 3 is 2.55 bits per heavy atom. The maximum atomic E-state index is 12.7. The molecule has 0 aliphatic heterocycles. The number of nitrogens with one attached hydrogen (secondary N) is 1. The molecule has 1 heterocycles. The molecule has 2 aromatic carbocycles. The Balaban J connectivity index is 1.57. The van der Waals surface area contributed by atoms with Crippen LogP contribution >= 0.6 is 11.8 Å². The summed E-state index contributed by atoms with van der Waals surface area (Å²) >= 11 is 1.43. The molecule has 0 aliphatic carbocycles. The largest absolute Gasteiger partial charge is 0.493 e. The van der Waals surface area contributed by atoms with Gasteiger partial charge in [-0.1, -0.05) is 23.4 Å². The average molecular weight is 471 g/mol. The van der Waals surface area contributed by atoms with Gasteiger partial charge in [0.1, 0.15) is 5.76 Å². The normalized spacial score (nSPS) is 11.5. The van der Waals surface area contributed by atoms with Crippen LogP contribution in [0, 0.1) is 6.92 Å². The number of nitrogens with zero attached hydrogens (tertiary/aromatic N) is 1. The highest BCUT2D eigenvalue weighted by atomic mass is 32.2. The van der Waals surface area contributed by atoms with Crippen molar-refractivity contribution in [3.63, 3.8) is 0 Å². The Morgan fingerprint density at radius 2 is 1.85 bits per heavy atom. The molecule has 3 rings (SSSR count). The van der Waals surface area contributed by atoms with Crippen molar-refractivity contribution in [2.24, 2.45) is 0 Å². The maximum Gasteiger partial charge on any atom is 0.340 e. The molecule has 1 aromatic heterocycles. The highest BCUT2D eigenvalue weighted by Crippen LogP contribution is 2.28. The number of rotatable bonds is 10. The Morgan fingerprint density at radius 1 is 1.09 bits per heavy atom. The molecule has 174 valence electrons. The van der Waals surface area contributed by atoms with Gasteiger partial charge in [0.05, 0.1) is 31.2 Å². The zero-order chi connectivity index (χ0) is 23.8. The number of aromatic nitrogens is 1. The van der Waals surface area contributed by atoms with Crippen molar-refractivity contribution >= 4 is 23.6 Å². The van der Waals surface area contributed by atoms with Gasteiger partial charge < -0.3 is 24.1 Å². The molecule has 0 fully saturated rings. The summed E-state index contributed by atoms with van der Waals surface area (Å²) < 4.78 is 21.1. The molecule has 1 amide bonds. The van der Waals surface area contributed by atoms with Crippen molar-refractivity contribution in [2.75, 3.05) is 14.2 Å². The van der Waals surface area contributed by atoms with Crippen LogP contribution in [0.25, 0.3) is 0 Å². The Labute approximate surface area is 196 Å². The number of benzene rings is 2. The molecular weight excluding hydrogens is 444 g/mol. The first-order chi connectivity index (χ1) is 15.9. The van der Waals surface area contributed by atoms with E-state index in [4.69, 9.17) is 18.7 Å². The molecular formula is C24H26N2O6S. The van der Waals surface area contributed by atoms with Gasteiger partial charge in [0, 0.05) is 17.5 Å². The van der Waals surface area contributed by atoms with Crippen LogP contribution in [0.2, 0.25) is 0 Å². The Kier molecular flexibility index (Phi) is 8.37. The fraction of sp³-hybridized carbons (Fsp3) is 0.292. The van der Waals surface area contributed by atoms with Crippen LogP contribution in [-0.2, 0) is 21.8 Å². The quantitative estimate of drug-likeness (QED) is 0.348. The molecule has 0 aliphatic rings. The van der Waals surface area contributed by atoms with E-state index in [1.807, 2.05) is 31.2 Å². The van der Waals surface area contributed by atoms with Gasteiger partial charge in [0.15, 0.2) is 17.6 Å². The summed E-state index contributed by atoms with van der Waals surface area (Å²) in [5.74, 6) is 1.43. The minimum Gasteiger partial charge on any atom is -0.493 e. The van der Waals surface area contributed by atoms with Gasteiger partial charge in [-0.3, -0.25) is 4.79 Å². The Bertz CT molecular complexity index is 1110. The molecule has 0 radical (unpaired) electrons. The van der Waals surface area contributed by atoms with Crippen LogP contribution in [0.1, 0.15) is 34.3 Å². The van der Waals surface area contributed by atoms with Crippen molar-refractivity contribution in [1.82, 2.24) is 10.5 Å². The van der Waals surface area contributed by atoms with Gasteiger partial charge in [0.25, 0.3) is 5.91 Å². The first-order valence-electron chi connectivity index (χ1n) is 10.2. The van der Waals surface area contributed by atoms with Crippen molar-refractivity contribution in [3.8, 4) is 11.5 Å². The lowest BCUT2D eigenvalue weighted by molar-refractivity contribution is -0.129. The smallest absolute Gasteiger partial charge is 0.340 e. The van der Waals surface area contributed by atoms with Crippen LogP contribution < -0.4 is 14.8 Å². The number of carbonyl (C=O) groups is 2. The van der Waals surface area contributed by atoms with Crippen LogP contribution in [0.5, 0.6) is 11.5 Å². The van der Waals surface area contributed by atoms with Crippen LogP contribution in [-0.4, -0.2) is 37.4 Å². The average Bonchev–Trinajstić information content (AvgIpc) is 3.25. The summed E-state index contributed by atoms with van der Waals surface area (Å²) in [6.07, 6.45) is -0.965. The summed E-state index contributed by atoms with van der Waals surface area (Å²) in [4.78, 5) is 26.0. The van der Waals surface area contributed by atoms with Gasteiger partial charge >= 0.3 is 5.97 Å². The SMILES string of the molecule is COc1ccc(CNC(=O)C(C)OC(=O)c2ccccc2SCc2cc(C)no2)cc1OC. The molecule has 1 N–H and O–H groups in total. The number of carbonyl (C=O) groups excluding carboxylic acids is 2. The number of hydrogen-bond donors (Lipinski definition) is 1. The number of esters is 1. The topological polar surface area (TPSA) is 99.9 Å². The number of methoxy groups -OCH3 is 2. The van der Waals surface area contributed by atoms with E-state index in [2.05, 4.69) is 10.5 Å². The van der Waals surface area contributed by atoms with Crippen LogP contribution in [0.15, 0.2) is 57.9 Å². The second-order valence-corrected chi connectivity index (χ2v) is 8.19. The van der Waals surface area contributed by atoms with Crippen LogP contribution in [0.3, 0.4) is 0 Å². The highest BCUT2D eigenvalue weighted by molar-refractivity contribution is 7.98. The molecule has 0 spiro atoms. The van der Waals surface area contributed by atoms with E-state index in [-0.39, 0.29) is 6.54 Å². The highest BCUT2D eigenvalue weighted by Gasteiger charge is 2.21. The number of aryl methyl sites for hydroxylation is 1. The van der Waals surface area contributed by atoms with Gasteiger partial charge in [-0.2, -0.15) is 0 Å². The zero-order valence-corrected chi connectivity index (χ0v) is 19.7. The second-order valence-electron chi connectivity index (χ2n) is 7.17. The minimum absolute atomic E-state index is 0.254. The third-order valence-corrected chi connectivity index (χ3v) is 5.82. The van der Waals surface area contributed by atoms with Crippen molar-refractivity contribution in [3.05, 3.63) is 71.1 Å². The first kappa shape index (κ1) is 24.2. The van der Waals surface area contributed by atoms with E-state index in [0.29, 0.717) is 28.6 Å². The molecule has 33 heavy (non-hydrogen) atoms. The number of hydrogen-bond acceptors (Lipinski definition) is 8. The fourth-order valence-electron chi connectivity index (χ4n) is 3.00. The fourth-order valence-corrected chi connectivity index (χ4v) is 3.91. The second kappa shape index (κ2) is 11.4. The number of ether oxygens (including phenoxy) is 3. The van der Waals surface area contributed by atoms with Gasteiger partial charge in [-0.25, -0.2) is 4.79 Å². The summed E-state index contributed by atoms with van der Waals surface area (Å²) in [5, 5.41) is 6.64. The third-order valence-electron chi connectivity index (χ3n) is 4.72. The summed E-state index contributed by atoms with van der Waals surface area (Å²) in [6.45, 7) is 3.64. The molecule has 1 atom stereocenters. The molecule has 3 aromatic rings. The van der Waals surface area contributed by atoms with E-state index in [0.717, 1.165) is 16.2 Å². The predicted molar refractivity (Wildman–Crippen MR) is 124 cm³/mol. The summed E-state index contributed by atoms with van der Waals surface area (Å²) in [5.41, 5.74) is 2.01. The molecule has 0 bridgehead atoms. The van der Waals surface area contributed by atoms with Crippen molar-refractivity contribution in [2.45, 2.75) is 37.1 Å². The number of thioether (sulfide) groups is 1. The van der Waals surface area contributed by atoms with E-state index in [9.17, 15) is 9.59 Å². The molecule has 9 heteroatoms.